The van der Waals surface area contributed by atoms with Crippen molar-refractivity contribution in [2.45, 2.75) is 43.7 Å². The zero-order valence-corrected chi connectivity index (χ0v) is 18.2. The van der Waals surface area contributed by atoms with Gasteiger partial charge in [0.25, 0.3) is 5.91 Å². The lowest BCUT2D eigenvalue weighted by Gasteiger charge is -2.30. The zero-order valence-electron chi connectivity index (χ0n) is 17.4. The summed E-state index contributed by atoms with van der Waals surface area (Å²) in [6.45, 7) is 2.81. The standard InChI is InChI=1S/C22H26N2O5S/c1-14-4-7-18(30(26,27)23-17-5-6-17)12-19(14)22(25)24-9-8-15-10-20(28-2)21(29-3)11-16(15)13-24/h4,7,10-12,17,23H,5-6,8-9,13H2,1-3H3. The van der Waals surface area contributed by atoms with Gasteiger partial charge in [0, 0.05) is 24.7 Å². The Hall–Kier alpha value is -2.58. The lowest BCUT2D eigenvalue weighted by Crippen LogP contribution is -2.36. The molecule has 0 atom stereocenters. The Morgan fingerprint density at radius 2 is 1.73 bits per heavy atom. The topological polar surface area (TPSA) is 84.9 Å². The summed E-state index contributed by atoms with van der Waals surface area (Å²) in [5.41, 5.74) is 3.29. The minimum Gasteiger partial charge on any atom is -0.493 e. The highest BCUT2D eigenvalue weighted by atomic mass is 32.2. The van der Waals surface area contributed by atoms with Crippen molar-refractivity contribution in [1.82, 2.24) is 9.62 Å². The van der Waals surface area contributed by atoms with Crippen LogP contribution in [0, 0.1) is 6.92 Å². The van der Waals surface area contributed by atoms with Crippen LogP contribution in [0.15, 0.2) is 35.2 Å². The Morgan fingerprint density at radius 1 is 1.07 bits per heavy atom. The average Bonchev–Trinajstić information content (AvgIpc) is 3.55. The third-order valence-corrected chi connectivity index (χ3v) is 7.17. The summed E-state index contributed by atoms with van der Waals surface area (Å²) in [6.07, 6.45) is 2.42. The molecule has 1 N–H and O–H groups in total. The minimum atomic E-state index is -3.62. The predicted octanol–water partition coefficient (Wildman–Crippen LogP) is 2.65. The fourth-order valence-electron chi connectivity index (χ4n) is 3.71. The number of ether oxygens (including phenoxy) is 2. The first-order chi connectivity index (χ1) is 14.3. The second kappa shape index (κ2) is 7.92. The van der Waals surface area contributed by atoms with E-state index in [0.29, 0.717) is 36.6 Å². The van der Waals surface area contributed by atoms with Crippen molar-refractivity contribution >= 4 is 15.9 Å². The van der Waals surface area contributed by atoms with Gasteiger partial charge in [-0.2, -0.15) is 0 Å². The van der Waals surface area contributed by atoms with E-state index in [2.05, 4.69) is 4.72 Å². The van der Waals surface area contributed by atoms with E-state index < -0.39 is 10.0 Å². The van der Waals surface area contributed by atoms with Crippen LogP contribution < -0.4 is 14.2 Å². The van der Waals surface area contributed by atoms with E-state index in [0.717, 1.165) is 29.5 Å². The number of amides is 1. The van der Waals surface area contributed by atoms with Crippen LogP contribution in [0.4, 0.5) is 0 Å². The molecule has 0 spiro atoms. The highest BCUT2D eigenvalue weighted by Crippen LogP contribution is 2.34. The summed E-state index contributed by atoms with van der Waals surface area (Å²) in [4.78, 5) is 15.2. The molecular formula is C22H26N2O5S. The van der Waals surface area contributed by atoms with Gasteiger partial charge in [0.05, 0.1) is 19.1 Å². The number of sulfonamides is 1. The molecule has 0 saturated heterocycles. The average molecular weight is 431 g/mol. The van der Waals surface area contributed by atoms with E-state index in [-0.39, 0.29) is 16.8 Å². The van der Waals surface area contributed by atoms with Gasteiger partial charge in [-0.25, -0.2) is 13.1 Å². The summed E-state index contributed by atoms with van der Waals surface area (Å²) < 4.78 is 38.6. The first-order valence-corrected chi connectivity index (χ1v) is 11.5. The molecule has 2 aromatic carbocycles. The molecule has 1 aliphatic carbocycles. The van der Waals surface area contributed by atoms with Gasteiger partial charge < -0.3 is 14.4 Å². The van der Waals surface area contributed by atoms with Gasteiger partial charge in [0.15, 0.2) is 11.5 Å². The molecule has 4 rings (SSSR count). The molecule has 2 aromatic rings. The third-order valence-electron chi connectivity index (χ3n) is 5.65. The van der Waals surface area contributed by atoms with Crippen molar-refractivity contribution in [1.29, 1.82) is 0 Å². The third kappa shape index (κ3) is 4.02. The molecule has 0 unspecified atom stereocenters. The molecule has 1 fully saturated rings. The number of nitrogens with zero attached hydrogens (tertiary/aromatic N) is 1. The molecule has 160 valence electrons. The summed E-state index contributed by atoms with van der Waals surface area (Å²) in [7, 11) is -0.431. The molecule has 1 amide bonds. The number of carbonyl (C=O) groups is 1. The summed E-state index contributed by atoms with van der Waals surface area (Å²) in [6, 6.07) is 8.62. The fourth-order valence-corrected chi connectivity index (χ4v) is 5.05. The van der Waals surface area contributed by atoms with E-state index >= 15 is 0 Å². The number of rotatable bonds is 6. The van der Waals surface area contributed by atoms with Crippen molar-refractivity contribution in [3.8, 4) is 11.5 Å². The highest BCUT2D eigenvalue weighted by Gasteiger charge is 2.30. The van der Waals surface area contributed by atoms with Crippen LogP contribution >= 0.6 is 0 Å². The van der Waals surface area contributed by atoms with Crippen LogP contribution in [0.25, 0.3) is 0 Å². The van der Waals surface area contributed by atoms with Gasteiger partial charge in [-0.05, 0) is 67.1 Å². The molecule has 0 aromatic heterocycles. The molecule has 1 heterocycles. The first-order valence-electron chi connectivity index (χ1n) is 9.98. The number of fused-ring (bicyclic) bond motifs is 1. The maximum atomic E-state index is 13.3. The van der Waals surface area contributed by atoms with E-state index in [1.54, 1.807) is 31.3 Å². The Balaban J connectivity index is 1.60. The SMILES string of the molecule is COc1cc2c(cc1OC)CN(C(=O)c1cc(S(=O)(=O)NC3CC3)ccc1C)CC2. The van der Waals surface area contributed by atoms with Crippen molar-refractivity contribution in [2.75, 3.05) is 20.8 Å². The second-order valence-corrected chi connectivity index (χ2v) is 9.54. The zero-order chi connectivity index (χ0) is 21.5. The lowest BCUT2D eigenvalue weighted by atomic mass is 9.97. The molecule has 7 nitrogen and oxygen atoms in total. The molecular weight excluding hydrogens is 404 g/mol. The number of aryl methyl sites for hydroxylation is 1. The van der Waals surface area contributed by atoms with Gasteiger partial charge in [0.1, 0.15) is 0 Å². The molecule has 1 aliphatic heterocycles. The predicted molar refractivity (Wildman–Crippen MR) is 113 cm³/mol. The quantitative estimate of drug-likeness (QED) is 0.762. The number of hydrogen-bond donors (Lipinski definition) is 1. The summed E-state index contributed by atoms with van der Waals surface area (Å²) >= 11 is 0. The smallest absolute Gasteiger partial charge is 0.254 e. The molecule has 0 radical (unpaired) electrons. The summed E-state index contributed by atoms with van der Waals surface area (Å²) in [5, 5.41) is 0. The van der Waals surface area contributed by atoms with Gasteiger partial charge in [-0.3, -0.25) is 4.79 Å². The Labute approximate surface area is 177 Å². The van der Waals surface area contributed by atoms with Crippen LogP contribution in [0.3, 0.4) is 0 Å². The van der Waals surface area contributed by atoms with Crippen molar-refractivity contribution in [3.05, 3.63) is 52.6 Å². The van der Waals surface area contributed by atoms with Gasteiger partial charge in [-0.15, -0.1) is 0 Å². The van der Waals surface area contributed by atoms with Gasteiger partial charge in [-0.1, -0.05) is 6.07 Å². The summed E-state index contributed by atoms with van der Waals surface area (Å²) in [5.74, 6) is 1.13. The Kier molecular flexibility index (Phi) is 5.46. The first kappa shape index (κ1) is 20.7. The highest BCUT2D eigenvalue weighted by molar-refractivity contribution is 7.89. The van der Waals surface area contributed by atoms with Crippen LogP contribution in [0.1, 0.15) is 39.9 Å². The van der Waals surface area contributed by atoms with E-state index in [9.17, 15) is 13.2 Å². The van der Waals surface area contributed by atoms with Crippen LogP contribution in [-0.2, 0) is 23.0 Å². The number of carbonyl (C=O) groups excluding carboxylic acids is 1. The fraction of sp³-hybridized carbons (Fsp3) is 0.409. The largest absolute Gasteiger partial charge is 0.493 e. The van der Waals surface area contributed by atoms with Crippen molar-refractivity contribution < 1.29 is 22.7 Å². The Morgan fingerprint density at radius 3 is 2.37 bits per heavy atom. The van der Waals surface area contributed by atoms with Crippen LogP contribution in [0.5, 0.6) is 11.5 Å². The number of nitrogens with one attached hydrogen (secondary N) is 1. The number of hydrogen-bond acceptors (Lipinski definition) is 5. The normalized spacial score (nSPS) is 16.2. The Bertz CT molecular complexity index is 1090. The molecule has 8 heteroatoms. The molecule has 1 saturated carbocycles. The number of benzene rings is 2. The molecule has 2 aliphatic rings. The van der Waals surface area contributed by atoms with E-state index in [4.69, 9.17) is 9.47 Å². The van der Waals surface area contributed by atoms with Crippen molar-refractivity contribution in [3.63, 3.8) is 0 Å². The van der Waals surface area contributed by atoms with Crippen molar-refractivity contribution in [2.24, 2.45) is 0 Å². The van der Waals surface area contributed by atoms with Crippen LogP contribution in [0.2, 0.25) is 0 Å². The second-order valence-electron chi connectivity index (χ2n) is 7.82. The van der Waals surface area contributed by atoms with Gasteiger partial charge >= 0.3 is 0 Å². The maximum absolute atomic E-state index is 13.3. The lowest BCUT2D eigenvalue weighted by molar-refractivity contribution is 0.0733. The minimum absolute atomic E-state index is 0.0148. The molecule has 30 heavy (non-hydrogen) atoms. The van der Waals surface area contributed by atoms with Crippen LogP contribution in [-0.4, -0.2) is 46.0 Å². The van der Waals surface area contributed by atoms with Gasteiger partial charge in [0.2, 0.25) is 10.0 Å². The molecule has 0 bridgehead atoms. The monoisotopic (exact) mass is 430 g/mol. The van der Waals surface area contributed by atoms with E-state index in [1.165, 1.54) is 6.07 Å². The number of methoxy groups -OCH3 is 2. The van der Waals surface area contributed by atoms with E-state index in [1.807, 2.05) is 19.1 Å². The maximum Gasteiger partial charge on any atom is 0.254 e.